The molecule has 0 nitrogen and oxygen atoms in total. The van der Waals surface area contributed by atoms with Gasteiger partial charge in [-0.15, -0.1) is 0 Å². The number of benzene rings is 1. The molecule has 0 aliphatic heterocycles. The van der Waals surface area contributed by atoms with Gasteiger partial charge in [-0.2, -0.15) is 0 Å². The molecule has 0 aliphatic carbocycles. The Kier molecular flexibility index (Phi) is 5.23. The van der Waals surface area contributed by atoms with Crippen molar-refractivity contribution in [2.75, 3.05) is 0 Å². The van der Waals surface area contributed by atoms with E-state index in [0.29, 0.717) is 0 Å². The van der Waals surface area contributed by atoms with Gasteiger partial charge >= 0.3 is 86.4 Å². The van der Waals surface area contributed by atoms with E-state index in [1.807, 2.05) is 0 Å². The van der Waals surface area contributed by atoms with E-state index in [1.165, 1.54) is 23.3 Å². The molecule has 0 spiro atoms. The normalized spacial score (nSPS) is 12.8. The molecule has 0 bridgehead atoms. The van der Waals surface area contributed by atoms with Gasteiger partial charge < -0.3 is 0 Å². The number of rotatable bonds is 5. The molecule has 0 N–H and O–H groups in total. The molecular weight excluding hydrogens is 219 g/mol. The van der Waals surface area contributed by atoms with Crippen molar-refractivity contribution in [1.82, 2.24) is 0 Å². The van der Waals surface area contributed by atoms with E-state index < -0.39 is 14.7 Å². The van der Waals surface area contributed by atoms with E-state index in [-0.39, 0.29) is 0 Å². The van der Waals surface area contributed by atoms with Gasteiger partial charge in [-0.05, 0) is 0 Å². The first-order valence-electron chi connectivity index (χ1n) is 5.18. The van der Waals surface area contributed by atoms with Crippen molar-refractivity contribution in [3.05, 3.63) is 30.3 Å². The van der Waals surface area contributed by atoms with Crippen LogP contribution in [0.1, 0.15) is 26.7 Å². The Balaban J connectivity index is 2.56. The Morgan fingerprint density at radius 2 is 1.77 bits per heavy atom. The summed E-state index contributed by atoms with van der Waals surface area (Å²) in [6.07, 6.45) is 2.76. The van der Waals surface area contributed by atoms with Gasteiger partial charge in [0.15, 0.2) is 0 Å². The fourth-order valence-corrected chi connectivity index (χ4v) is 6.14. The van der Waals surface area contributed by atoms with Crippen LogP contribution in [0.3, 0.4) is 0 Å². The average Bonchev–Trinajstić information content (AvgIpc) is 2.21. The van der Waals surface area contributed by atoms with Gasteiger partial charge in [0, 0.05) is 0 Å². The number of hydrogen-bond donors (Lipinski definition) is 0. The van der Waals surface area contributed by atoms with Crippen LogP contribution >= 0.6 is 0 Å². The average molecular weight is 238 g/mol. The van der Waals surface area contributed by atoms with Crippen molar-refractivity contribution >= 4 is 19.0 Å². The van der Waals surface area contributed by atoms with Gasteiger partial charge in [0.05, 0.1) is 0 Å². The van der Waals surface area contributed by atoms with Crippen LogP contribution in [0, 0.1) is 0 Å². The van der Waals surface area contributed by atoms with Gasteiger partial charge in [-0.3, -0.25) is 0 Å². The van der Waals surface area contributed by atoms with Crippen molar-refractivity contribution in [3.63, 3.8) is 0 Å². The summed E-state index contributed by atoms with van der Waals surface area (Å²) in [6, 6.07) is 11.1. The van der Waals surface area contributed by atoms with Crippen LogP contribution in [0.5, 0.6) is 0 Å². The Bertz CT molecular complexity index is 218. The van der Waals surface area contributed by atoms with Crippen LogP contribution in [-0.4, -0.2) is 14.7 Å². The summed E-state index contributed by atoms with van der Waals surface area (Å²) in [5.41, 5.74) is 0. The summed E-state index contributed by atoms with van der Waals surface area (Å²) in [7, 11) is 0. The molecule has 1 heteroatoms. The minimum absolute atomic E-state index is 0.657. The van der Waals surface area contributed by atoms with Gasteiger partial charge in [0.1, 0.15) is 0 Å². The first-order chi connectivity index (χ1) is 6.38. The Morgan fingerprint density at radius 1 is 1.08 bits per heavy atom. The van der Waals surface area contributed by atoms with Crippen LogP contribution < -0.4 is 4.35 Å². The third-order valence-corrected chi connectivity index (χ3v) is 7.84. The third kappa shape index (κ3) is 3.56. The van der Waals surface area contributed by atoms with Crippen LogP contribution in [0.15, 0.2) is 30.3 Å². The molecule has 1 unspecified atom stereocenters. The van der Waals surface area contributed by atoms with Gasteiger partial charge in [-0.25, -0.2) is 0 Å². The number of hydrogen-bond acceptors (Lipinski definition) is 0. The van der Waals surface area contributed by atoms with E-state index in [2.05, 4.69) is 44.2 Å². The molecule has 72 valence electrons. The Hall–Kier alpha value is -0.222. The van der Waals surface area contributed by atoms with Crippen molar-refractivity contribution < 1.29 is 0 Å². The number of unbranched alkanes of at least 4 members (excludes halogenated alkanes) is 1. The van der Waals surface area contributed by atoms with Crippen molar-refractivity contribution in [2.45, 2.75) is 37.1 Å². The zero-order valence-corrected chi connectivity index (χ0v) is 10.5. The van der Waals surface area contributed by atoms with E-state index in [1.54, 1.807) is 4.35 Å². The molecule has 0 saturated heterocycles. The summed E-state index contributed by atoms with van der Waals surface area (Å²) in [5, 5.41) is 2.90. The van der Waals surface area contributed by atoms with Crippen molar-refractivity contribution in [1.29, 1.82) is 0 Å². The fraction of sp³-hybridized carbons (Fsp3) is 0.500. The first kappa shape index (κ1) is 10.9. The standard InChI is InChI=1S/C12H19As/c1-3-5-11-13(4-2)12-9-7-6-8-10-12/h6-10H,3-5,11H2,1-2H3. The molecule has 0 aliphatic rings. The molecule has 0 radical (unpaired) electrons. The van der Waals surface area contributed by atoms with E-state index >= 15 is 0 Å². The quantitative estimate of drug-likeness (QED) is 0.691. The van der Waals surface area contributed by atoms with Crippen molar-refractivity contribution in [2.24, 2.45) is 0 Å². The summed E-state index contributed by atoms with van der Waals surface area (Å²) in [4.78, 5) is 0. The third-order valence-electron chi connectivity index (χ3n) is 2.28. The van der Waals surface area contributed by atoms with Gasteiger partial charge in [0.25, 0.3) is 0 Å². The molecule has 0 aromatic heterocycles. The fourth-order valence-electron chi connectivity index (χ4n) is 1.46. The second-order valence-corrected chi connectivity index (χ2v) is 8.88. The molecule has 1 rings (SSSR count). The molecule has 1 aromatic rings. The summed E-state index contributed by atoms with van der Waals surface area (Å²) < 4.78 is 1.66. The SMILES string of the molecule is CCCC[As](CC)c1ccccc1. The Morgan fingerprint density at radius 3 is 2.31 bits per heavy atom. The summed E-state index contributed by atoms with van der Waals surface area (Å²) in [6.45, 7) is 4.63. The molecule has 1 atom stereocenters. The van der Waals surface area contributed by atoms with Gasteiger partial charge in [-0.1, -0.05) is 0 Å². The molecule has 13 heavy (non-hydrogen) atoms. The Labute approximate surface area is 86.6 Å². The predicted octanol–water partition coefficient (Wildman–Crippen LogP) is 3.21. The predicted molar refractivity (Wildman–Crippen MR) is 62.0 cm³/mol. The van der Waals surface area contributed by atoms with Crippen LogP contribution in [0.25, 0.3) is 0 Å². The molecule has 0 fully saturated rings. The summed E-state index contributed by atoms with van der Waals surface area (Å²) >= 11 is -0.657. The maximum absolute atomic E-state index is 2.35. The minimum atomic E-state index is -0.657. The molecular formula is C12H19As. The van der Waals surface area contributed by atoms with Crippen LogP contribution in [0.2, 0.25) is 10.4 Å². The monoisotopic (exact) mass is 238 g/mol. The van der Waals surface area contributed by atoms with Gasteiger partial charge in [0.2, 0.25) is 0 Å². The molecule has 0 amide bonds. The van der Waals surface area contributed by atoms with E-state index in [9.17, 15) is 0 Å². The first-order valence-corrected chi connectivity index (χ1v) is 8.77. The topological polar surface area (TPSA) is 0 Å². The molecule has 0 heterocycles. The zero-order valence-electron chi connectivity index (χ0n) is 8.66. The molecule has 1 aromatic carbocycles. The van der Waals surface area contributed by atoms with E-state index in [0.717, 1.165) is 0 Å². The second kappa shape index (κ2) is 6.27. The zero-order chi connectivity index (χ0) is 9.52. The second-order valence-electron chi connectivity index (χ2n) is 3.27. The van der Waals surface area contributed by atoms with Crippen molar-refractivity contribution in [3.8, 4) is 0 Å². The van der Waals surface area contributed by atoms with E-state index in [4.69, 9.17) is 0 Å². The van der Waals surface area contributed by atoms with Crippen LogP contribution in [0.4, 0.5) is 0 Å². The molecule has 0 saturated carbocycles. The van der Waals surface area contributed by atoms with Crippen LogP contribution in [-0.2, 0) is 0 Å². The summed E-state index contributed by atoms with van der Waals surface area (Å²) in [5.74, 6) is 0. The maximum atomic E-state index is 2.35.